The van der Waals surface area contributed by atoms with Crippen LogP contribution in [0.2, 0.25) is 0 Å². The smallest absolute Gasteiger partial charge is 0.407 e. The molecule has 2 aromatic carbocycles. The summed E-state index contributed by atoms with van der Waals surface area (Å²) in [6.07, 6.45) is -14.7. The second-order valence-electron chi connectivity index (χ2n) is 15.0. The average Bonchev–Trinajstić information content (AvgIpc) is 3.21. The molecule has 1 aliphatic carbocycles. The predicted molar refractivity (Wildman–Crippen MR) is 201 cm³/mol. The van der Waals surface area contributed by atoms with Gasteiger partial charge in [0.25, 0.3) is 0 Å². The van der Waals surface area contributed by atoms with E-state index in [0.717, 1.165) is 5.56 Å². The van der Waals surface area contributed by atoms with E-state index in [9.17, 15) is 45.0 Å². The molecule has 3 amide bonds. The highest BCUT2D eigenvalue weighted by Gasteiger charge is 2.53. The molecule has 322 valence electrons. The Labute approximate surface area is 336 Å². The summed E-state index contributed by atoms with van der Waals surface area (Å²) in [4.78, 5) is 45.2. The van der Waals surface area contributed by atoms with E-state index in [1.54, 1.807) is 56.3 Å². The summed E-state index contributed by atoms with van der Waals surface area (Å²) in [7, 11) is 1.53. The molecule has 2 saturated heterocycles. The fourth-order valence-corrected chi connectivity index (χ4v) is 7.38. The lowest BCUT2D eigenvalue weighted by molar-refractivity contribution is -0.335. The lowest BCUT2D eigenvalue weighted by Crippen LogP contribution is -2.68. The highest BCUT2D eigenvalue weighted by Crippen LogP contribution is 2.36. The first-order valence-electron chi connectivity index (χ1n) is 19.3. The molecule has 19 nitrogen and oxygen atoms in total. The van der Waals surface area contributed by atoms with E-state index in [2.05, 4.69) is 16.0 Å². The third kappa shape index (κ3) is 11.0. The number of aliphatic hydroxyl groups is 6. The third-order valence-corrected chi connectivity index (χ3v) is 10.6. The molecule has 3 aliphatic rings. The van der Waals surface area contributed by atoms with Gasteiger partial charge in [0.1, 0.15) is 48.8 Å². The van der Waals surface area contributed by atoms with Gasteiger partial charge in [-0.05, 0) is 50.4 Å². The number of nitrogens with one attached hydrogen (secondary N) is 3. The zero-order valence-electron chi connectivity index (χ0n) is 32.8. The number of aliphatic hydroxyl groups excluding tert-OH is 5. The second-order valence-corrected chi connectivity index (χ2v) is 15.0. The molecule has 0 bridgehead atoms. The zero-order chi connectivity index (χ0) is 42.1. The maximum Gasteiger partial charge on any atom is 0.407 e. The first kappa shape index (κ1) is 45.1. The number of benzene rings is 2. The van der Waals surface area contributed by atoms with Crippen LogP contribution in [-0.2, 0) is 35.1 Å². The van der Waals surface area contributed by atoms with E-state index in [1.807, 2.05) is 6.07 Å². The monoisotopic (exact) mass is 820 g/mol. The van der Waals surface area contributed by atoms with Gasteiger partial charge in [0.2, 0.25) is 0 Å². The van der Waals surface area contributed by atoms with Gasteiger partial charge in [-0.2, -0.15) is 5.06 Å². The summed E-state index contributed by atoms with van der Waals surface area (Å²) in [5, 5.41) is 74.5. The number of rotatable bonds is 13. The quantitative estimate of drug-likeness (QED) is 0.115. The normalized spacial score (nSPS) is 35.0. The summed E-state index contributed by atoms with van der Waals surface area (Å²) in [5.41, 5.74) is -0.619. The van der Waals surface area contributed by atoms with Crippen molar-refractivity contribution >= 4 is 18.1 Å². The molecule has 3 fully saturated rings. The van der Waals surface area contributed by atoms with Crippen molar-refractivity contribution in [1.82, 2.24) is 21.0 Å². The fourth-order valence-electron chi connectivity index (χ4n) is 7.38. The van der Waals surface area contributed by atoms with E-state index >= 15 is 0 Å². The Bertz CT molecular complexity index is 1620. The van der Waals surface area contributed by atoms with E-state index in [0.29, 0.717) is 5.06 Å². The van der Waals surface area contributed by atoms with Crippen molar-refractivity contribution in [2.45, 2.75) is 119 Å². The van der Waals surface area contributed by atoms with Crippen LogP contribution in [0, 0.1) is 5.92 Å². The van der Waals surface area contributed by atoms with Gasteiger partial charge >= 0.3 is 18.1 Å². The van der Waals surface area contributed by atoms with E-state index in [1.165, 1.54) is 26.1 Å². The van der Waals surface area contributed by atoms with Crippen LogP contribution < -0.4 is 16.0 Å². The number of ether oxygens (including phenoxy) is 5. The molecule has 5 rings (SSSR count). The molecule has 1 saturated carbocycles. The molecule has 2 aromatic rings. The van der Waals surface area contributed by atoms with Crippen LogP contribution in [0.3, 0.4) is 0 Å². The number of hydrogen-bond donors (Lipinski definition) is 9. The van der Waals surface area contributed by atoms with Crippen LogP contribution >= 0.6 is 0 Å². The fraction of sp³-hybridized carbons (Fsp3) is 0.615. The summed E-state index contributed by atoms with van der Waals surface area (Å²) in [6, 6.07) is 13.9. The van der Waals surface area contributed by atoms with Crippen LogP contribution in [0.5, 0.6) is 0 Å². The Hall–Kier alpha value is -3.99. The number of urea groups is 1. The van der Waals surface area contributed by atoms with E-state index < -0.39 is 103 Å². The molecule has 9 N–H and O–H groups in total. The Balaban J connectivity index is 1.35. The number of carbonyl (C=O) groups excluding carboxylic acids is 3. The minimum absolute atomic E-state index is 0.00623. The predicted octanol–water partition coefficient (Wildman–Crippen LogP) is -0.490. The van der Waals surface area contributed by atoms with Crippen LogP contribution in [0.4, 0.5) is 9.59 Å². The van der Waals surface area contributed by atoms with Crippen molar-refractivity contribution in [3.63, 3.8) is 0 Å². The minimum Gasteiger partial charge on any atom is -0.445 e. The van der Waals surface area contributed by atoms with Gasteiger partial charge in [-0.25, -0.2) is 14.4 Å². The van der Waals surface area contributed by atoms with Crippen LogP contribution in [0.25, 0.3) is 0 Å². The SMILES string of the molecule is CCC1OC(OC2C(C)CC(NC(=O)N(CCNC(=O)OCc3ccccc3)OC(=O)c3ccccc3)C(OC3OCC(C)(O)C(NC)C3O)C2O)C(O)C(O)C1O. The van der Waals surface area contributed by atoms with Crippen molar-refractivity contribution in [1.29, 1.82) is 0 Å². The van der Waals surface area contributed by atoms with Crippen molar-refractivity contribution in [2.24, 2.45) is 5.92 Å². The average molecular weight is 821 g/mol. The summed E-state index contributed by atoms with van der Waals surface area (Å²) in [6.45, 7) is 4.03. The van der Waals surface area contributed by atoms with Crippen LogP contribution in [0.1, 0.15) is 49.5 Å². The van der Waals surface area contributed by atoms with Crippen molar-refractivity contribution in [3.8, 4) is 0 Å². The highest BCUT2D eigenvalue weighted by molar-refractivity contribution is 5.90. The van der Waals surface area contributed by atoms with Gasteiger partial charge < -0.3 is 75.1 Å². The summed E-state index contributed by atoms with van der Waals surface area (Å²) < 4.78 is 29.0. The molecular weight excluding hydrogens is 764 g/mol. The molecule has 0 spiro atoms. The number of hydrogen-bond acceptors (Lipinski definition) is 16. The molecule has 58 heavy (non-hydrogen) atoms. The molecule has 2 aliphatic heterocycles. The lowest BCUT2D eigenvalue weighted by atomic mass is 9.80. The number of alkyl carbamates (subject to hydrolysis) is 1. The highest BCUT2D eigenvalue weighted by atomic mass is 16.7. The van der Waals surface area contributed by atoms with Gasteiger partial charge in [-0.15, -0.1) is 0 Å². The largest absolute Gasteiger partial charge is 0.445 e. The first-order valence-corrected chi connectivity index (χ1v) is 19.3. The Kier molecular flexibility index (Phi) is 15.8. The molecule has 2 heterocycles. The molecule has 19 heteroatoms. The molecule has 0 radical (unpaired) electrons. The van der Waals surface area contributed by atoms with E-state index in [-0.39, 0.29) is 44.7 Å². The Morgan fingerprint density at radius 3 is 2.19 bits per heavy atom. The van der Waals surface area contributed by atoms with Gasteiger partial charge in [0.15, 0.2) is 12.6 Å². The van der Waals surface area contributed by atoms with Crippen LogP contribution in [0.15, 0.2) is 60.7 Å². The standard InChI is InChI=1S/C39H56N4O15/c1-5-25-26(44)27(45)28(46)36(55-25)56-31-21(2)18-24(32(29(31)47)57-35-30(48)33(40-4)39(3,52)20-54-35)42-37(50)43(58-34(49)23-14-10-7-11-15-23)17-16-41-38(51)53-19-22-12-8-6-9-13-22/h6-15,21,24-33,35-36,40,44-48,52H,5,16-20H2,1-4H3,(H,41,51)(H,42,50). The second kappa shape index (κ2) is 20.3. The van der Waals surface area contributed by atoms with Gasteiger partial charge in [0, 0.05) is 6.54 Å². The Morgan fingerprint density at radius 1 is 0.879 bits per heavy atom. The van der Waals surface area contributed by atoms with Gasteiger partial charge in [0.05, 0.1) is 43.0 Å². The number of amides is 3. The van der Waals surface area contributed by atoms with Gasteiger partial charge in [-0.3, -0.25) is 0 Å². The molecule has 14 unspecified atom stereocenters. The first-order chi connectivity index (χ1) is 27.6. The summed E-state index contributed by atoms with van der Waals surface area (Å²) >= 11 is 0. The molecule has 0 aromatic heterocycles. The van der Waals surface area contributed by atoms with Crippen molar-refractivity contribution < 1.29 is 73.5 Å². The molecular formula is C39H56N4O15. The maximum absolute atomic E-state index is 14.0. The zero-order valence-corrected chi connectivity index (χ0v) is 32.8. The van der Waals surface area contributed by atoms with Crippen LogP contribution in [-0.4, -0.2) is 160 Å². The third-order valence-electron chi connectivity index (χ3n) is 10.6. The number of nitrogens with zero attached hydrogens (tertiary/aromatic N) is 1. The topological polar surface area (TPSA) is 267 Å². The van der Waals surface area contributed by atoms with Crippen molar-refractivity contribution in [3.05, 3.63) is 71.8 Å². The van der Waals surface area contributed by atoms with Gasteiger partial charge in [-0.1, -0.05) is 62.4 Å². The lowest BCUT2D eigenvalue weighted by Gasteiger charge is -2.49. The maximum atomic E-state index is 14.0. The van der Waals surface area contributed by atoms with Crippen molar-refractivity contribution in [2.75, 3.05) is 26.7 Å². The Morgan fingerprint density at radius 2 is 1.53 bits per heavy atom. The number of hydroxylamine groups is 2. The minimum atomic E-state index is -1.69. The molecule has 14 atom stereocenters. The summed E-state index contributed by atoms with van der Waals surface area (Å²) in [5.74, 6) is -1.49. The number of likely N-dealkylation sites (N-methyl/N-ethyl adjacent to an activating group) is 1. The number of carbonyl (C=O) groups is 3. The van der Waals surface area contributed by atoms with E-state index in [4.69, 9.17) is 28.5 Å².